The van der Waals surface area contributed by atoms with Crippen LogP contribution in [0.1, 0.15) is 6.92 Å². The molecule has 2 unspecified atom stereocenters. The van der Waals surface area contributed by atoms with Crippen molar-refractivity contribution in [1.29, 1.82) is 0 Å². The van der Waals surface area contributed by atoms with Gasteiger partial charge in [-0.3, -0.25) is 4.79 Å². The van der Waals surface area contributed by atoms with Crippen LogP contribution in [0.2, 0.25) is 0 Å². The highest BCUT2D eigenvalue weighted by Gasteiger charge is 2.44. The lowest BCUT2D eigenvalue weighted by molar-refractivity contribution is -0.154. The number of aliphatic hydroxyl groups excluding tert-OH is 1. The molecule has 5 nitrogen and oxygen atoms in total. The van der Waals surface area contributed by atoms with Crippen LogP contribution in [0.4, 0.5) is 0 Å². The first kappa shape index (κ1) is 12.4. The zero-order valence-electron chi connectivity index (χ0n) is 9.39. The molecule has 0 aromatic heterocycles. The van der Waals surface area contributed by atoms with Gasteiger partial charge < -0.3 is 14.6 Å². The van der Waals surface area contributed by atoms with Crippen molar-refractivity contribution in [2.75, 3.05) is 14.2 Å². The summed E-state index contributed by atoms with van der Waals surface area (Å²) in [6.07, 6.45) is 3.17. The van der Waals surface area contributed by atoms with Gasteiger partial charge in [-0.25, -0.2) is 4.79 Å². The summed E-state index contributed by atoms with van der Waals surface area (Å²) in [5, 5.41) is 9.97. The first-order valence-corrected chi connectivity index (χ1v) is 4.71. The lowest BCUT2D eigenvalue weighted by Gasteiger charge is -2.31. The highest BCUT2D eigenvalue weighted by molar-refractivity contribution is 5.93. The summed E-state index contributed by atoms with van der Waals surface area (Å²) in [6.45, 7) is 1.50. The Morgan fingerprint density at radius 1 is 1.38 bits per heavy atom. The Labute approximate surface area is 93.3 Å². The molecule has 0 fully saturated rings. The molecule has 0 aromatic carbocycles. The van der Waals surface area contributed by atoms with Gasteiger partial charge >= 0.3 is 11.9 Å². The molecular weight excluding hydrogens is 212 g/mol. The SMILES string of the molecule is COC(=O)C1=CC=CC(C)(C(=O)OC)C1O. The van der Waals surface area contributed by atoms with Crippen molar-refractivity contribution in [1.82, 2.24) is 0 Å². The van der Waals surface area contributed by atoms with Crippen molar-refractivity contribution < 1.29 is 24.2 Å². The number of methoxy groups -OCH3 is 2. The van der Waals surface area contributed by atoms with E-state index in [1.165, 1.54) is 39.4 Å². The fourth-order valence-electron chi connectivity index (χ4n) is 1.55. The van der Waals surface area contributed by atoms with Crippen LogP contribution in [0.5, 0.6) is 0 Å². The Bertz CT molecular complexity index is 369. The second-order valence-corrected chi connectivity index (χ2v) is 3.65. The average Bonchev–Trinajstić information content (AvgIpc) is 2.30. The van der Waals surface area contributed by atoms with Gasteiger partial charge in [0, 0.05) is 0 Å². The highest BCUT2D eigenvalue weighted by Crippen LogP contribution is 2.33. The maximum atomic E-state index is 11.5. The van der Waals surface area contributed by atoms with E-state index in [1.807, 2.05) is 0 Å². The van der Waals surface area contributed by atoms with E-state index in [9.17, 15) is 14.7 Å². The molecule has 2 atom stereocenters. The predicted molar refractivity (Wildman–Crippen MR) is 55.4 cm³/mol. The van der Waals surface area contributed by atoms with Gasteiger partial charge in [-0.05, 0) is 13.0 Å². The van der Waals surface area contributed by atoms with Crippen LogP contribution in [-0.4, -0.2) is 37.4 Å². The number of aliphatic hydroxyl groups is 1. The van der Waals surface area contributed by atoms with Crippen molar-refractivity contribution in [3.05, 3.63) is 23.8 Å². The Morgan fingerprint density at radius 2 is 2.00 bits per heavy atom. The smallest absolute Gasteiger partial charge is 0.336 e. The van der Waals surface area contributed by atoms with Crippen LogP contribution in [-0.2, 0) is 19.1 Å². The quantitative estimate of drug-likeness (QED) is 0.681. The predicted octanol–water partition coefficient (Wildman–Crippen LogP) is 0.196. The molecule has 0 amide bonds. The number of hydrogen-bond donors (Lipinski definition) is 1. The van der Waals surface area contributed by atoms with E-state index in [4.69, 9.17) is 0 Å². The zero-order valence-corrected chi connectivity index (χ0v) is 9.39. The number of esters is 2. The summed E-state index contributed by atoms with van der Waals surface area (Å²) in [5.74, 6) is -1.27. The first-order chi connectivity index (χ1) is 7.47. The van der Waals surface area contributed by atoms with E-state index < -0.39 is 23.5 Å². The van der Waals surface area contributed by atoms with E-state index in [2.05, 4.69) is 9.47 Å². The lowest BCUT2D eigenvalue weighted by atomic mass is 9.77. The van der Waals surface area contributed by atoms with E-state index in [0.717, 1.165) is 0 Å². The van der Waals surface area contributed by atoms with Crippen molar-refractivity contribution in [3.8, 4) is 0 Å². The highest BCUT2D eigenvalue weighted by atomic mass is 16.5. The Hall–Kier alpha value is -1.62. The second kappa shape index (κ2) is 4.49. The number of carbonyl (C=O) groups is 2. The maximum absolute atomic E-state index is 11.5. The minimum absolute atomic E-state index is 0.0397. The maximum Gasteiger partial charge on any atom is 0.336 e. The standard InChI is InChI=1S/C11H14O5/c1-11(10(14)16-3)6-4-5-7(8(11)12)9(13)15-2/h4-6,8,12H,1-3H3. The molecule has 1 rings (SSSR count). The molecule has 0 radical (unpaired) electrons. The largest absolute Gasteiger partial charge is 0.468 e. The van der Waals surface area contributed by atoms with Gasteiger partial charge in [-0.15, -0.1) is 0 Å². The molecule has 0 saturated heterocycles. The van der Waals surface area contributed by atoms with E-state index >= 15 is 0 Å². The molecule has 16 heavy (non-hydrogen) atoms. The van der Waals surface area contributed by atoms with Crippen LogP contribution in [0, 0.1) is 5.41 Å². The van der Waals surface area contributed by atoms with E-state index in [-0.39, 0.29) is 5.57 Å². The van der Waals surface area contributed by atoms with Crippen molar-refractivity contribution in [2.45, 2.75) is 13.0 Å². The summed E-state index contributed by atoms with van der Waals surface area (Å²) in [7, 11) is 2.44. The molecule has 0 bridgehead atoms. The van der Waals surface area contributed by atoms with Crippen molar-refractivity contribution in [3.63, 3.8) is 0 Å². The van der Waals surface area contributed by atoms with Crippen LogP contribution in [0.15, 0.2) is 23.8 Å². The van der Waals surface area contributed by atoms with E-state index in [0.29, 0.717) is 0 Å². The van der Waals surface area contributed by atoms with Gasteiger partial charge in [0.1, 0.15) is 11.5 Å². The van der Waals surface area contributed by atoms with Gasteiger partial charge in [0.2, 0.25) is 0 Å². The Morgan fingerprint density at radius 3 is 2.50 bits per heavy atom. The average molecular weight is 226 g/mol. The molecule has 0 heterocycles. The van der Waals surface area contributed by atoms with Crippen LogP contribution in [0.25, 0.3) is 0 Å². The third-order valence-electron chi connectivity index (χ3n) is 2.63. The van der Waals surface area contributed by atoms with E-state index in [1.54, 1.807) is 0 Å². The zero-order chi connectivity index (χ0) is 12.3. The topological polar surface area (TPSA) is 72.8 Å². The first-order valence-electron chi connectivity index (χ1n) is 4.71. The molecule has 0 aliphatic heterocycles. The molecule has 1 aliphatic carbocycles. The van der Waals surface area contributed by atoms with Gasteiger partial charge in [-0.1, -0.05) is 12.2 Å². The third-order valence-corrected chi connectivity index (χ3v) is 2.63. The van der Waals surface area contributed by atoms with Crippen LogP contribution < -0.4 is 0 Å². The van der Waals surface area contributed by atoms with Crippen LogP contribution in [0.3, 0.4) is 0 Å². The lowest BCUT2D eigenvalue weighted by Crippen LogP contribution is -2.43. The third kappa shape index (κ3) is 1.86. The molecule has 1 N–H and O–H groups in total. The number of rotatable bonds is 2. The number of carbonyl (C=O) groups excluding carboxylic acids is 2. The molecule has 88 valence electrons. The minimum Gasteiger partial charge on any atom is -0.468 e. The molecule has 0 saturated carbocycles. The fourth-order valence-corrected chi connectivity index (χ4v) is 1.55. The van der Waals surface area contributed by atoms with Crippen LogP contribution >= 0.6 is 0 Å². The number of allylic oxidation sites excluding steroid dienone is 2. The summed E-state index contributed by atoms with van der Waals surface area (Å²) < 4.78 is 9.11. The van der Waals surface area contributed by atoms with Gasteiger partial charge in [0.25, 0.3) is 0 Å². The summed E-state index contributed by atoms with van der Waals surface area (Å²) in [6, 6.07) is 0. The van der Waals surface area contributed by atoms with Gasteiger partial charge in [-0.2, -0.15) is 0 Å². The molecule has 5 heteroatoms. The van der Waals surface area contributed by atoms with Crippen molar-refractivity contribution in [2.24, 2.45) is 5.41 Å². The van der Waals surface area contributed by atoms with Crippen molar-refractivity contribution >= 4 is 11.9 Å². The number of ether oxygens (including phenoxy) is 2. The monoisotopic (exact) mass is 226 g/mol. The normalized spacial score (nSPS) is 28.2. The molecule has 0 aromatic rings. The Balaban J connectivity index is 3.06. The summed E-state index contributed by atoms with van der Waals surface area (Å²) >= 11 is 0. The molecule has 0 spiro atoms. The molecule has 1 aliphatic rings. The molecular formula is C11H14O5. The fraction of sp³-hybridized carbons (Fsp3) is 0.455. The minimum atomic E-state index is -1.27. The summed E-state index contributed by atoms with van der Waals surface area (Å²) in [4.78, 5) is 22.9. The second-order valence-electron chi connectivity index (χ2n) is 3.65. The Kier molecular flexibility index (Phi) is 3.49. The van der Waals surface area contributed by atoms with Gasteiger partial charge in [0.15, 0.2) is 0 Å². The summed E-state index contributed by atoms with van der Waals surface area (Å²) in [5.41, 5.74) is -1.22. The number of hydrogen-bond acceptors (Lipinski definition) is 5. The van der Waals surface area contributed by atoms with Gasteiger partial charge in [0.05, 0.1) is 19.8 Å².